The zero-order valence-electron chi connectivity index (χ0n) is 12.6. The maximum Gasteiger partial charge on any atom is 0.357 e. The molecule has 7 heteroatoms. The highest BCUT2D eigenvalue weighted by Crippen LogP contribution is 2.34. The summed E-state index contributed by atoms with van der Waals surface area (Å²) < 4.78 is 10.7. The molecule has 0 radical (unpaired) electrons. The fourth-order valence-corrected chi connectivity index (χ4v) is 2.97. The van der Waals surface area contributed by atoms with Crippen molar-refractivity contribution in [2.75, 3.05) is 33.4 Å². The molecule has 1 unspecified atom stereocenters. The van der Waals surface area contributed by atoms with Crippen molar-refractivity contribution in [3.63, 3.8) is 0 Å². The number of nitrogens with zero attached hydrogens (tertiary/aromatic N) is 2. The lowest BCUT2D eigenvalue weighted by Crippen LogP contribution is -2.38. The maximum atomic E-state index is 11.5. The van der Waals surface area contributed by atoms with Gasteiger partial charge in [-0.1, -0.05) is 6.07 Å². The van der Waals surface area contributed by atoms with Crippen molar-refractivity contribution in [2.24, 2.45) is 0 Å². The van der Waals surface area contributed by atoms with Crippen LogP contribution in [-0.2, 0) is 4.74 Å². The van der Waals surface area contributed by atoms with Crippen molar-refractivity contribution >= 4 is 16.9 Å². The Morgan fingerprint density at radius 3 is 2.82 bits per heavy atom. The van der Waals surface area contributed by atoms with E-state index in [4.69, 9.17) is 9.47 Å². The predicted molar refractivity (Wildman–Crippen MR) is 80.4 cm³/mol. The minimum atomic E-state index is -1.05. The smallest absolute Gasteiger partial charge is 0.357 e. The number of aromatic nitrogens is 2. The summed E-state index contributed by atoms with van der Waals surface area (Å²) in [4.78, 5) is 13.8. The number of morpholine rings is 1. The quantitative estimate of drug-likeness (QED) is 0.893. The number of hydrogen-bond donors (Lipinski definition) is 2. The number of fused-ring (bicyclic) bond motifs is 1. The van der Waals surface area contributed by atoms with Gasteiger partial charge in [0.15, 0.2) is 5.69 Å². The van der Waals surface area contributed by atoms with Gasteiger partial charge in [0.2, 0.25) is 0 Å². The number of aromatic carboxylic acids is 1. The van der Waals surface area contributed by atoms with E-state index in [0.29, 0.717) is 29.9 Å². The number of nitrogens with one attached hydrogen (secondary N) is 1. The SMILES string of the molecule is COc1ccc(C(C)N2CCOCC2)c2c(C(=O)O)n[nH]c12. The first-order valence-electron chi connectivity index (χ1n) is 7.23. The summed E-state index contributed by atoms with van der Waals surface area (Å²) in [5.74, 6) is -0.456. The largest absolute Gasteiger partial charge is 0.494 e. The van der Waals surface area contributed by atoms with Crippen LogP contribution >= 0.6 is 0 Å². The molecule has 1 aliphatic heterocycles. The first kappa shape index (κ1) is 14.8. The van der Waals surface area contributed by atoms with Crippen molar-refractivity contribution < 1.29 is 19.4 Å². The molecule has 1 aromatic carbocycles. The van der Waals surface area contributed by atoms with E-state index in [1.807, 2.05) is 12.1 Å². The van der Waals surface area contributed by atoms with Gasteiger partial charge in [0, 0.05) is 24.5 Å². The monoisotopic (exact) mass is 305 g/mol. The van der Waals surface area contributed by atoms with Gasteiger partial charge in [0.25, 0.3) is 0 Å². The first-order chi connectivity index (χ1) is 10.6. The van der Waals surface area contributed by atoms with E-state index in [9.17, 15) is 9.90 Å². The molecular formula is C15H19N3O4. The molecule has 1 aromatic heterocycles. The van der Waals surface area contributed by atoms with Crippen LogP contribution in [0.5, 0.6) is 5.75 Å². The summed E-state index contributed by atoms with van der Waals surface area (Å²) in [5.41, 5.74) is 1.59. The van der Waals surface area contributed by atoms with Crippen LogP contribution in [-0.4, -0.2) is 59.6 Å². The topological polar surface area (TPSA) is 87.7 Å². The number of hydrogen-bond acceptors (Lipinski definition) is 5. The number of H-pyrrole nitrogens is 1. The summed E-state index contributed by atoms with van der Waals surface area (Å²) in [6.45, 7) is 5.12. The zero-order chi connectivity index (χ0) is 15.7. The highest BCUT2D eigenvalue weighted by molar-refractivity contribution is 6.04. The Morgan fingerprint density at radius 2 is 2.18 bits per heavy atom. The molecule has 1 aliphatic rings. The molecule has 0 aliphatic carbocycles. The normalized spacial score (nSPS) is 17.5. The molecule has 1 atom stereocenters. The molecule has 7 nitrogen and oxygen atoms in total. The minimum absolute atomic E-state index is 0.0315. The van der Waals surface area contributed by atoms with Gasteiger partial charge in [-0.2, -0.15) is 5.10 Å². The fraction of sp³-hybridized carbons (Fsp3) is 0.467. The molecule has 0 bridgehead atoms. The van der Waals surface area contributed by atoms with Crippen LogP contribution in [0.2, 0.25) is 0 Å². The van der Waals surface area contributed by atoms with Crippen LogP contribution < -0.4 is 4.74 Å². The lowest BCUT2D eigenvalue weighted by molar-refractivity contribution is 0.0201. The molecule has 2 heterocycles. The molecule has 22 heavy (non-hydrogen) atoms. The minimum Gasteiger partial charge on any atom is -0.494 e. The highest BCUT2D eigenvalue weighted by atomic mass is 16.5. The van der Waals surface area contributed by atoms with Crippen LogP contribution in [0.25, 0.3) is 10.9 Å². The average molecular weight is 305 g/mol. The van der Waals surface area contributed by atoms with E-state index < -0.39 is 5.97 Å². The molecule has 1 saturated heterocycles. The van der Waals surface area contributed by atoms with Crippen LogP contribution in [0.4, 0.5) is 0 Å². The van der Waals surface area contributed by atoms with Crippen LogP contribution in [0, 0.1) is 0 Å². The Balaban J connectivity index is 2.11. The first-order valence-corrected chi connectivity index (χ1v) is 7.23. The number of carbonyl (C=O) groups is 1. The number of rotatable bonds is 4. The number of aromatic amines is 1. The Morgan fingerprint density at radius 1 is 1.45 bits per heavy atom. The number of ether oxygens (including phenoxy) is 2. The molecule has 0 spiro atoms. The van der Waals surface area contributed by atoms with Gasteiger partial charge >= 0.3 is 5.97 Å². The molecule has 0 saturated carbocycles. The second kappa shape index (κ2) is 5.94. The third-order valence-corrected chi connectivity index (χ3v) is 4.18. The van der Waals surface area contributed by atoms with E-state index in [0.717, 1.165) is 18.7 Å². The van der Waals surface area contributed by atoms with Crippen molar-refractivity contribution in [2.45, 2.75) is 13.0 Å². The third-order valence-electron chi connectivity index (χ3n) is 4.18. The summed E-state index contributed by atoms with van der Waals surface area (Å²) in [6, 6.07) is 3.84. The van der Waals surface area contributed by atoms with Crippen molar-refractivity contribution in [1.29, 1.82) is 0 Å². The molecule has 2 aromatic rings. The Labute approximate surface area is 127 Å². The van der Waals surface area contributed by atoms with Crippen molar-refractivity contribution in [3.05, 3.63) is 23.4 Å². The molecule has 118 valence electrons. The number of carboxylic acid groups (broad SMARTS) is 1. The molecule has 3 rings (SSSR count). The average Bonchev–Trinajstić information content (AvgIpc) is 2.99. The predicted octanol–water partition coefficient (Wildman–Crippen LogP) is 1.66. The summed E-state index contributed by atoms with van der Waals surface area (Å²) in [7, 11) is 1.56. The van der Waals surface area contributed by atoms with Gasteiger partial charge in [-0.05, 0) is 18.6 Å². The zero-order valence-corrected chi connectivity index (χ0v) is 12.6. The summed E-state index contributed by atoms with van der Waals surface area (Å²) >= 11 is 0. The molecule has 2 N–H and O–H groups in total. The van der Waals surface area contributed by atoms with Crippen LogP contribution in [0.3, 0.4) is 0 Å². The van der Waals surface area contributed by atoms with Crippen molar-refractivity contribution in [1.82, 2.24) is 15.1 Å². The van der Waals surface area contributed by atoms with Crippen LogP contribution in [0.1, 0.15) is 29.0 Å². The van der Waals surface area contributed by atoms with E-state index in [-0.39, 0.29) is 11.7 Å². The Hall–Kier alpha value is -2.12. The third kappa shape index (κ3) is 2.42. The van der Waals surface area contributed by atoms with Gasteiger partial charge in [-0.3, -0.25) is 10.00 Å². The van der Waals surface area contributed by atoms with Crippen LogP contribution in [0.15, 0.2) is 12.1 Å². The van der Waals surface area contributed by atoms with Gasteiger partial charge in [0.05, 0.1) is 20.3 Å². The molecule has 0 amide bonds. The van der Waals surface area contributed by atoms with E-state index >= 15 is 0 Å². The Bertz CT molecular complexity index is 691. The second-order valence-electron chi connectivity index (χ2n) is 5.31. The lowest BCUT2D eigenvalue weighted by atomic mass is 9.99. The van der Waals surface area contributed by atoms with E-state index in [1.165, 1.54) is 0 Å². The number of carboxylic acids is 1. The van der Waals surface area contributed by atoms with Gasteiger partial charge in [-0.15, -0.1) is 0 Å². The van der Waals surface area contributed by atoms with E-state index in [2.05, 4.69) is 22.0 Å². The maximum absolute atomic E-state index is 11.5. The van der Waals surface area contributed by atoms with Gasteiger partial charge in [0.1, 0.15) is 11.3 Å². The standard InChI is InChI=1S/C15H19N3O4/c1-9(18-5-7-22-8-6-18)10-3-4-11(21-2)13-12(10)14(15(19)20)17-16-13/h3-4,9H,5-8H2,1-2H3,(H,16,17)(H,19,20). The number of methoxy groups -OCH3 is 1. The fourth-order valence-electron chi connectivity index (χ4n) is 2.97. The molecule has 1 fully saturated rings. The number of benzene rings is 1. The van der Waals surface area contributed by atoms with Crippen molar-refractivity contribution in [3.8, 4) is 5.75 Å². The van der Waals surface area contributed by atoms with E-state index in [1.54, 1.807) is 7.11 Å². The van der Waals surface area contributed by atoms with Gasteiger partial charge in [-0.25, -0.2) is 4.79 Å². The van der Waals surface area contributed by atoms with Gasteiger partial charge < -0.3 is 14.6 Å². The molecular weight excluding hydrogens is 286 g/mol. The highest BCUT2D eigenvalue weighted by Gasteiger charge is 2.25. The lowest BCUT2D eigenvalue weighted by Gasteiger charge is -2.33. The second-order valence-corrected chi connectivity index (χ2v) is 5.31. The summed E-state index contributed by atoms with van der Waals surface area (Å²) in [6.07, 6.45) is 0. The summed E-state index contributed by atoms with van der Waals surface area (Å²) in [5, 5.41) is 16.7. The Kier molecular flexibility index (Phi) is 4.00.